The van der Waals surface area contributed by atoms with Crippen LogP contribution in [0.4, 0.5) is 25.4 Å². The zero-order valence-electron chi connectivity index (χ0n) is 15.7. The number of ether oxygens (including phenoxy) is 2. The van der Waals surface area contributed by atoms with Gasteiger partial charge in [0.05, 0.1) is 30.9 Å². The van der Waals surface area contributed by atoms with Gasteiger partial charge in [0, 0.05) is 7.05 Å². The van der Waals surface area contributed by atoms with Crippen LogP contribution in [0.2, 0.25) is 0 Å². The quantitative estimate of drug-likeness (QED) is 0.870. The number of anilines is 2. The fraction of sp³-hybridized carbons (Fsp3) is 0.500. The Kier molecular flexibility index (Phi) is 4.71. The Morgan fingerprint density at radius 1 is 1.37 bits per heavy atom. The first-order valence-corrected chi connectivity index (χ1v) is 8.59. The van der Waals surface area contributed by atoms with Gasteiger partial charge in [0.1, 0.15) is 17.5 Å². The van der Waals surface area contributed by atoms with E-state index in [-0.39, 0.29) is 31.1 Å². The van der Waals surface area contributed by atoms with E-state index in [0.29, 0.717) is 11.3 Å². The molecule has 1 fully saturated rings. The van der Waals surface area contributed by atoms with E-state index in [9.17, 15) is 18.8 Å². The van der Waals surface area contributed by atoms with Crippen molar-refractivity contribution in [3.63, 3.8) is 0 Å². The number of hydrogen-bond donors (Lipinski definition) is 1. The maximum absolute atomic E-state index is 14.4. The smallest absolute Gasteiger partial charge is 0.414 e. The van der Waals surface area contributed by atoms with E-state index < -0.39 is 29.7 Å². The largest absolute Gasteiger partial charge is 0.444 e. The van der Waals surface area contributed by atoms with Gasteiger partial charge < -0.3 is 19.7 Å². The van der Waals surface area contributed by atoms with Gasteiger partial charge in [-0.15, -0.1) is 0 Å². The summed E-state index contributed by atoms with van der Waals surface area (Å²) in [5.41, 5.74) is 0.453. The van der Waals surface area contributed by atoms with Gasteiger partial charge in [-0.25, -0.2) is 14.0 Å². The molecule has 0 aliphatic carbocycles. The lowest BCUT2D eigenvalue weighted by Crippen LogP contribution is -2.38. The first kappa shape index (κ1) is 18.9. The molecule has 9 heteroatoms. The minimum atomic E-state index is -0.636. The number of carbonyl (C=O) groups is 3. The predicted octanol–water partition coefficient (Wildman–Crippen LogP) is 2.19. The number of fused-ring (bicyclic) bond motifs is 1. The highest BCUT2D eigenvalue weighted by atomic mass is 19.1. The lowest BCUT2D eigenvalue weighted by Gasteiger charge is -2.20. The average Bonchev–Trinajstić information content (AvgIpc) is 3.04. The van der Waals surface area contributed by atoms with E-state index in [2.05, 4.69) is 5.32 Å². The van der Waals surface area contributed by atoms with Crippen molar-refractivity contribution in [1.82, 2.24) is 5.32 Å². The highest BCUT2D eigenvalue weighted by Gasteiger charge is 2.35. The number of alkyl carbamates (subject to hydrolysis) is 1. The molecular weight excluding hydrogens is 357 g/mol. The van der Waals surface area contributed by atoms with Crippen molar-refractivity contribution >= 4 is 29.5 Å². The minimum absolute atomic E-state index is 0.0752. The van der Waals surface area contributed by atoms with Crippen LogP contribution in [-0.4, -0.2) is 49.9 Å². The number of benzene rings is 1. The topological polar surface area (TPSA) is 88.2 Å². The summed E-state index contributed by atoms with van der Waals surface area (Å²) in [6, 6.07) is 2.82. The van der Waals surface area contributed by atoms with Crippen molar-refractivity contribution in [1.29, 1.82) is 0 Å². The maximum atomic E-state index is 14.4. The highest BCUT2D eigenvalue weighted by Crippen LogP contribution is 2.35. The molecule has 2 heterocycles. The van der Waals surface area contributed by atoms with Crippen LogP contribution in [0.25, 0.3) is 0 Å². The van der Waals surface area contributed by atoms with Crippen LogP contribution in [0, 0.1) is 5.82 Å². The summed E-state index contributed by atoms with van der Waals surface area (Å²) in [4.78, 5) is 38.2. The molecule has 0 radical (unpaired) electrons. The Hall–Kier alpha value is -2.84. The number of nitrogens with zero attached hydrogens (tertiary/aromatic N) is 2. The maximum Gasteiger partial charge on any atom is 0.414 e. The van der Waals surface area contributed by atoms with E-state index in [1.807, 2.05) is 0 Å². The Labute approximate surface area is 156 Å². The molecule has 1 atom stereocenters. The van der Waals surface area contributed by atoms with Gasteiger partial charge in [0.15, 0.2) is 0 Å². The molecule has 0 unspecified atom stereocenters. The van der Waals surface area contributed by atoms with Crippen LogP contribution in [-0.2, 0) is 20.7 Å². The van der Waals surface area contributed by atoms with E-state index in [0.717, 1.165) is 0 Å². The van der Waals surface area contributed by atoms with Crippen LogP contribution >= 0.6 is 0 Å². The number of hydrogen-bond acceptors (Lipinski definition) is 5. The molecule has 3 amide bonds. The lowest BCUT2D eigenvalue weighted by atomic mass is 10.1. The monoisotopic (exact) mass is 379 g/mol. The zero-order valence-corrected chi connectivity index (χ0v) is 15.7. The van der Waals surface area contributed by atoms with Crippen molar-refractivity contribution in [3.05, 3.63) is 23.5 Å². The van der Waals surface area contributed by atoms with Crippen LogP contribution < -0.4 is 15.1 Å². The molecule has 1 N–H and O–H groups in total. The van der Waals surface area contributed by atoms with Gasteiger partial charge in [-0.2, -0.15) is 0 Å². The summed E-state index contributed by atoms with van der Waals surface area (Å²) in [5.74, 6) is -0.775. The van der Waals surface area contributed by atoms with E-state index in [1.165, 1.54) is 22.9 Å². The van der Waals surface area contributed by atoms with Gasteiger partial charge >= 0.3 is 12.2 Å². The summed E-state index contributed by atoms with van der Waals surface area (Å²) in [6.45, 7) is 5.46. The second-order valence-electron chi connectivity index (χ2n) is 7.56. The van der Waals surface area contributed by atoms with Crippen LogP contribution in [0.3, 0.4) is 0 Å². The Morgan fingerprint density at radius 2 is 2.07 bits per heavy atom. The van der Waals surface area contributed by atoms with Crippen molar-refractivity contribution < 1.29 is 28.2 Å². The number of rotatable bonds is 3. The molecule has 1 saturated heterocycles. The van der Waals surface area contributed by atoms with E-state index >= 15 is 0 Å². The van der Waals surface area contributed by atoms with Gasteiger partial charge in [0.2, 0.25) is 5.91 Å². The van der Waals surface area contributed by atoms with Gasteiger partial charge in [-0.05, 0) is 38.5 Å². The molecule has 2 aliphatic heterocycles. The fourth-order valence-electron chi connectivity index (χ4n) is 3.06. The van der Waals surface area contributed by atoms with Crippen molar-refractivity contribution in [2.45, 2.75) is 38.9 Å². The Morgan fingerprint density at radius 3 is 2.74 bits per heavy atom. The van der Waals surface area contributed by atoms with Crippen molar-refractivity contribution in [2.24, 2.45) is 0 Å². The van der Waals surface area contributed by atoms with Crippen molar-refractivity contribution in [2.75, 3.05) is 29.9 Å². The third-order valence-corrected chi connectivity index (χ3v) is 4.24. The van der Waals surface area contributed by atoms with Crippen LogP contribution in [0.15, 0.2) is 12.1 Å². The normalized spacial score (nSPS) is 19.2. The molecule has 0 saturated carbocycles. The molecule has 3 rings (SSSR count). The van der Waals surface area contributed by atoms with Crippen molar-refractivity contribution in [3.8, 4) is 0 Å². The molecule has 1 aromatic rings. The second-order valence-corrected chi connectivity index (χ2v) is 7.56. The number of nitrogens with one attached hydrogen (secondary N) is 1. The van der Waals surface area contributed by atoms with E-state index in [4.69, 9.17) is 9.47 Å². The number of cyclic esters (lactones) is 1. The standard InChI is InChI=1S/C18H22FN3O5/c1-18(2,3)27-16(24)20-8-12-9-22(17(25)26-12)11-5-10-6-14(23)21(4)15(10)13(19)7-11/h5,7,12H,6,8-9H2,1-4H3,(H,20,24)/t12-/m0/s1. The van der Waals surface area contributed by atoms with Gasteiger partial charge in [-0.1, -0.05) is 0 Å². The van der Waals surface area contributed by atoms with Crippen LogP contribution in [0.5, 0.6) is 0 Å². The first-order valence-electron chi connectivity index (χ1n) is 8.59. The lowest BCUT2D eigenvalue weighted by molar-refractivity contribution is -0.117. The summed E-state index contributed by atoms with van der Waals surface area (Å²) in [6.07, 6.45) is -1.75. The third kappa shape index (κ3) is 3.96. The highest BCUT2D eigenvalue weighted by molar-refractivity contribution is 6.02. The molecule has 8 nitrogen and oxygen atoms in total. The predicted molar refractivity (Wildman–Crippen MR) is 95.4 cm³/mol. The second kappa shape index (κ2) is 6.71. The molecule has 0 aromatic heterocycles. The van der Waals surface area contributed by atoms with E-state index in [1.54, 1.807) is 26.8 Å². The van der Waals surface area contributed by atoms with Gasteiger partial charge in [0.25, 0.3) is 0 Å². The summed E-state index contributed by atoms with van der Waals surface area (Å²) < 4.78 is 24.8. The fourth-order valence-corrected chi connectivity index (χ4v) is 3.06. The molecular formula is C18H22FN3O5. The molecule has 146 valence electrons. The summed E-state index contributed by atoms with van der Waals surface area (Å²) in [7, 11) is 1.51. The van der Waals surface area contributed by atoms with Gasteiger partial charge in [-0.3, -0.25) is 9.69 Å². The SMILES string of the molecule is CN1C(=O)Cc2cc(N3C[C@H](CNC(=O)OC(C)(C)C)OC3=O)cc(F)c21. The number of carbonyl (C=O) groups excluding carboxylic acids is 3. The Balaban J connectivity index is 1.67. The molecule has 27 heavy (non-hydrogen) atoms. The molecule has 1 aromatic carbocycles. The first-order chi connectivity index (χ1) is 12.5. The van der Waals surface area contributed by atoms with Crippen LogP contribution in [0.1, 0.15) is 26.3 Å². The summed E-state index contributed by atoms with van der Waals surface area (Å²) >= 11 is 0. The molecule has 0 bridgehead atoms. The summed E-state index contributed by atoms with van der Waals surface area (Å²) in [5, 5.41) is 2.55. The average molecular weight is 379 g/mol. The molecule has 2 aliphatic rings. The zero-order chi connectivity index (χ0) is 19.9. The minimum Gasteiger partial charge on any atom is -0.444 e. The molecule has 0 spiro atoms. The third-order valence-electron chi connectivity index (χ3n) is 4.24. The number of likely N-dealkylation sites (N-methyl/N-ethyl adjacent to an activating group) is 1. The number of halogens is 1. The Bertz CT molecular complexity index is 805. The number of amides is 3.